The minimum Gasteiger partial charge on any atom is -0.348 e. The molecule has 1 aromatic rings. The van der Waals surface area contributed by atoms with Crippen molar-refractivity contribution in [3.8, 4) is 0 Å². The molecule has 1 unspecified atom stereocenters. The van der Waals surface area contributed by atoms with Crippen LogP contribution in [0, 0.1) is 0 Å². The summed E-state index contributed by atoms with van der Waals surface area (Å²) >= 11 is 1.81. The molecule has 0 bridgehead atoms. The van der Waals surface area contributed by atoms with Crippen LogP contribution in [0.5, 0.6) is 0 Å². The minimum absolute atomic E-state index is 0. The van der Waals surface area contributed by atoms with E-state index in [0.29, 0.717) is 5.25 Å². The van der Waals surface area contributed by atoms with E-state index in [9.17, 15) is 4.79 Å². The molecule has 0 spiro atoms. The Bertz CT molecular complexity index is 416. The molecule has 2 rings (SSSR count). The first-order valence-corrected chi connectivity index (χ1v) is 7.81. The molecule has 0 saturated carbocycles. The maximum Gasteiger partial charge on any atom is 0.251 e. The number of hydrogen-bond donors (Lipinski definition) is 2. The number of halogens is 1. The van der Waals surface area contributed by atoms with Gasteiger partial charge < -0.3 is 10.6 Å². The second-order valence-electron chi connectivity index (χ2n) is 5.21. The highest BCUT2D eigenvalue weighted by atomic mass is 35.5. The number of piperidine rings is 1. The average Bonchev–Trinajstić information content (AvgIpc) is 2.40. The number of nitrogens with one attached hydrogen (secondary N) is 2. The van der Waals surface area contributed by atoms with Gasteiger partial charge in [0.15, 0.2) is 0 Å². The van der Waals surface area contributed by atoms with Crippen molar-refractivity contribution >= 4 is 30.1 Å². The largest absolute Gasteiger partial charge is 0.348 e. The third-order valence-electron chi connectivity index (χ3n) is 3.12. The van der Waals surface area contributed by atoms with Crippen LogP contribution in [0.15, 0.2) is 29.2 Å². The lowest BCUT2D eigenvalue weighted by molar-refractivity contribution is 0.0930. The quantitative estimate of drug-likeness (QED) is 0.839. The first kappa shape index (κ1) is 17.3. The lowest BCUT2D eigenvalue weighted by Gasteiger charge is -2.23. The number of rotatable bonds is 4. The lowest BCUT2D eigenvalue weighted by Crippen LogP contribution is -2.45. The number of carbonyl (C=O) groups is 1. The van der Waals surface area contributed by atoms with Crippen LogP contribution in [-0.4, -0.2) is 30.3 Å². The molecule has 1 aliphatic rings. The number of amides is 1. The summed E-state index contributed by atoms with van der Waals surface area (Å²) in [4.78, 5) is 13.3. The van der Waals surface area contributed by atoms with Crippen LogP contribution < -0.4 is 10.6 Å². The molecule has 1 amide bonds. The van der Waals surface area contributed by atoms with Gasteiger partial charge in [-0.05, 0) is 43.7 Å². The number of benzene rings is 1. The van der Waals surface area contributed by atoms with Crippen molar-refractivity contribution < 1.29 is 4.79 Å². The topological polar surface area (TPSA) is 41.1 Å². The fourth-order valence-corrected chi connectivity index (χ4v) is 3.04. The molecule has 112 valence electrons. The van der Waals surface area contributed by atoms with Crippen molar-refractivity contribution in [2.75, 3.05) is 13.1 Å². The van der Waals surface area contributed by atoms with Gasteiger partial charge in [0.2, 0.25) is 0 Å². The predicted octanol–water partition coefficient (Wildman–Crippen LogP) is 3.09. The van der Waals surface area contributed by atoms with E-state index in [4.69, 9.17) is 0 Å². The van der Waals surface area contributed by atoms with E-state index >= 15 is 0 Å². The van der Waals surface area contributed by atoms with Crippen LogP contribution in [0.3, 0.4) is 0 Å². The van der Waals surface area contributed by atoms with Gasteiger partial charge in [-0.1, -0.05) is 13.8 Å². The number of thioether (sulfide) groups is 1. The average molecular weight is 315 g/mol. The summed E-state index contributed by atoms with van der Waals surface area (Å²) in [6, 6.07) is 8.15. The zero-order valence-electron chi connectivity index (χ0n) is 12.0. The van der Waals surface area contributed by atoms with E-state index in [-0.39, 0.29) is 24.4 Å². The van der Waals surface area contributed by atoms with E-state index in [2.05, 4.69) is 24.5 Å². The highest BCUT2D eigenvalue weighted by Crippen LogP contribution is 2.22. The van der Waals surface area contributed by atoms with Gasteiger partial charge in [0.05, 0.1) is 0 Å². The molecular weight excluding hydrogens is 292 g/mol. The Kier molecular flexibility index (Phi) is 7.41. The Morgan fingerprint density at radius 1 is 1.35 bits per heavy atom. The maximum absolute atomic E-state index is 12.1. The monoisotopic (exact) mass is 314 g/mol. The molecule has 1 aliphatic heterocycles. The van der Waals surface area contributed by atoms with Crippen LogP contribution in [0.1, 0.15) is 37.0 Å². The summed E-state index contributed by atoms with van der Waals surface area (Å²) in [6.45, 7) is 6.28. The summed E-state index contributed by atoms with van der Waals surface area (Å²) < 4.78 is 0. The predicted molar refractivity (Wildman–Crippen MR) is 88.0 cm³/mol. The van der Waals surface area contributed by atoms with Crippen molar-refractivity contribution in [1.82, 2.24) is 10.6 Å². The summed E-state index contributed by atoms with van der Waals surface area (Å²) in [7, 11) is 0. The van der Waals surface area contributed by atoms with Crippen molar-refractivity contribution in [2.24, 2.45) is 0 Å². The molecule has 0 radical (unpaired) electrons. The van der Waals surface area contributed by atoms with E-state index in [0.717, 1.165) is 31.5 Å². The van der Waals surface area contributed by atoms with E-state index in [1.54, 1.807) is 0 Å². The third kappa shape index (κ3) is 5.35. The molecule has 1 aromatic carbocycles. The Morgan fingerprint density at radius 2 is 2.05 bits per heavy atom. The first-order valence-electron chi connectivity index (χ1n) is 6.93. The molecule has 5 heteroatoms. The van der Waals surface area contributed by atoms with Gasteiger partial charge in [-0.15, -0.1) is 24.2 Å². The van der Waals surface area contributed by atoms with Gasteiger partial charge in [-0.3, -0.25) is 4.79 Å². The first-order chi connectivity index (χ1) is 9.15. The smallest absolute Gasteiger partial charge is 0.251 e. The molecule has 1 atom stereocenters. The SMILES string of the molecule is CC(C)Sc1ccc(C(=O)NC2CCCNC2)cc1.Cl. The van der Waals surface area contributed by atoms with Crippen molar-refractivity contribution in [2.45, 2.75) is 42.9 Å². The minimum atomic E-state index is 0. The Morgan fingerprint density at radius 3 is 2.60 bits per heavy atom. The Balaban J connectivity index is 0.00000200. The summed E-state index contributed by atoms with van der Waals surface area (Å²) in [5, 5.41) is 6.95. The second kappa shape index (κ2) is 8.55. The molecule has 20 heavy (non-hydrogen) atoms. The molecule has 1 saturated heterocycles. The highest BCUT2D eigenvalue weighted by Gasteiger charge is 2.16. The maximum atomic E-state index is 12.1. The number of carbonyl (C=O) groups excluding carboxylic acids is 1. The zero-order chi connectivity index (χ0) is 13.7. The van der Waals surface area contributed by atoms with Gasteiger partial charge in [0.25, 0.3) is 5.91 Å². The summed E-state index contributed by atoms with van der Waals surface area (Å²) in [5.41, 5.74) is 0.749. The van der Waals surface area contributed by atoms with Crippen LogP contribution >= 0.6 is 24.2 Å². The van der Waals surface area contributed by atoms with Crippen LogP contribution in [0.2, 0.25) is 0 Å². The van der Waals surface area contributed by atoms with Gasteiger partial charge in [-0.25, -0.2) is 0 Å². The highest BCUT2D eigenvalue weighted by molar-refractivity contribution is 7.99. The Labute approximate surface area is 131 Å². The van der Waals surface area contributed by atoms with E-state index < -0.39 is 0 Å². The van der Waals surface area contributed by atoms with Crippen LogP contribution in [-0.2, 0) is 0 Å². The van der Waals surface area contributed by atoms with Crippen LogP contribution in [0.25, 0.3) is 0 Å². The molecule has 0 aliphatic carbocycles. The van der Waals surface area contributed by atoms with Crippen molar-refractivity contribution in [3.05, 3.63) is 29.8 Å². The van der Waals surface area contributed by atoms with Crippen LogP contribution in [0.4, 0.5) is 0 Å². The molecule has 2 N–H and O–H groups in total. The van der Waals surface area contributed by atoms with Gasteiger partial charge in [-0.2, -0.15) is 0 Å². The van der Waals surface area contributed by atoms with Gasteiger partial charge in [0.1, 0.15) is 0 Å². The van der Waals surface area contributed by atoms with Crippen molar-refractivity contribution in [1.29, 1.82) is 0 Å². The van der Waals surface area contributed by atoms with Gasteiger partial charge >= 0.3 is 0 Å². The van der Waals surface area contributed by atoms with E-state index in [1.807, 2.05) is 36.0 Å². The van der Waals surface area contributed by atoms with Gasteiger partial charge in [0, 0.05) is 28.3 Å². The van der Waals surface area contributed by atoms with E-state index in [1.165, 1.54) is 4.90 Å². The number of hydrogen-bond acceptors (Lipinski definition) is 3. The molecule has 1 fully saturated rings. The fraction of sp³-hybridized carbons (Fsp3) is 0.533. The van der Waals surface area contributed by atoms with Crippen molar-refractivity contribution in [3.63, 3.8) is 0 Å². The molecular formula is C15H23ClN2OS. The molecule has 3 nitrogen and oxygen atoms in total. The third-order valence-corrected chi connectivity index (χ3v) is 4.14. The summed E-state index contributed by atoms with van der Waals surface area (Å²) in [6.07, 6.45) is 2.20. The zero-order valence-corrected chi connectivity index (χ0v) is 13.7. The summed E-state index contributed by atoms with van der Waals surface area (Å²) in [5.74, 6) is 0.0368. The standard InChI is InChI=1S/C15H22N2OS.ClH/c1-11(2)19-14-7-5-12(6-8-14)15(18)17-13-4-3-9-16-10-13;/h5-8,11,13,16H,3-4,9-10H2,1-2H3,(H,17,18);1H. The second-order valence-corrected chi connectivity index (χ2v) is 6.86. The Hall–Kier alpha value is -0.710. The molecule has 0 aromatic heterocycles. The lowest BCUT2D eigenvalue weighted by atomic mass is 10.1. The fourth-order valence-electron chi connectivity index (χ4n) is 2.20. The normalized spacial score (nSPS) is 18.4. The molecule has 1 heterocycles.